The summed E-state index contributed by atoms with van der Waals surface area (Å²) in [4.78, 5) is 39.9. The first-order valence-electron chi connectivity index (χ1n) is 8.90. The minimum Gasteiger partial charge on any atom is -0.442 e. The Morgan fingerprint density at radius 1 is 1.41 bits per heavy atom. The first kappa shape index (κ1) is 18.6. The predicted octanol–water partition coefficient (Wildman–Crippen LogP) is 2.41. The van der Waals surface area contributed by atoms with E-state index in [-0.39, 0.29) is 24.6 Å². The molecule has 8 nitrogen and oxygen atoms in total. The molecule has 0 bridgehead atoms. The summed E-state index contributed by atoms with van der Waals surface area (Å²) in [6.07, 6.45) is 4.48. The number of halogens is 1. The molecule has 0 aliphatic carbocycles. The number of carbonyl (C=O) groups excluding carboxylic acids is 3. The van der Waals surface area contributed by atoms with Crippen molar-refractivity contribution in [2.75, 3.05) is 18.0 Å². The average Bonchev–Trinajstić information content (AvgIpc) is 3.31. The number of amides is 2. The van der Waals surface area contributed by atoms with Crippen LogP contribution >= 0.6 is 0 Å². The number of fused-ring (bicyclic) bond motifs is 1. The van der Waals surface area contributed by atoms with Crippen LogP contribution < -0.4 is 10.2 Å². The van der Waals surface area contributed by atoms with E-state index >= 15 is 0 Å². The van der Waals surface area contributed by atoms with Gasteiger partial charge in [0.2, 0.25) is 5.91 Å². The molecule has 0 saturated carbocycles. The number of aldehydes is 1. The Labute approximate surface area is 164 Å². The van der Waals surface area contributed by atoms with Gasteiger partial charge in [-0.05, 0) is 24.3 Å². The summed E-state index contributed by atoms with van der Waals surface area (Å²) in [6, 6.07) is 5.97. The van der Waals surface area contributed by atoms with Crippen LogP contribution in [0.2, 0.25) is 0 Å². The number of hydrogen-bond donors (Lipinski definition) is 1. The highest BCUT2D eigenvalue weighted by Gasteiger charge is 2.32. The number of rotatable bonds is 5. The largest absolute Gasteiger partial charge is 0.442 e. The van der Waals surface area contributed by atoms with Crippen LogP contribution in [-0.4, -0.2) is 46.9 Å². The SMILES string of the molecule is CC(=O)NC[C@@H]1CN(c2ccc(-c3cc(C=O)c4nccn4c3)c(F)c2)C(=O)O1. The molecule has 1 aromatic carbocycles. The number of nitrogens with one attached hydrogen (secondary N) is 1. The molecule has 1 saturated heterocycles. The van der Waals surface area contributed by atoms with E-state index in [0.717, 1.165) is 0 Å². The van der Waals surface area contributed by atoms with Crippen LogP contribution in [0.15, 0.2) is 42.9 Å². The fraction of sp³-hybridized carbons (Fsp3) is 0.200. The molecule has 148 valence electrons. The molecule has 4 rings (SSSR count). The Morgan fingerprint density at radius 2 is 2.24 bits per heavy atom. The van der Waals surface area contributed by atoms with Crippen molar-refractivity contribution < 1.29 is 23.5 Å². The number of aromatic nitrogens is 2. The summed E-state index contributed by atoms with van der Waals surface area (Å²) in [5, 5.41) is 2.59. The summed E-state index contributed by atoms with van der Waals surface area (Å²) in [7, 11) is 0. The van der Waals surface area contributed by atoms with E-state index in [2.05, 4.69) is 10.3 Å². The maximum absolute atomic E-state index is 14.9. The van der Waals surface area contributed by atoms with Crippen molar-refractivity contribution in [2.24, 2.45) is 0 Å². The molecule has 1 N–H and O–H groups in total. The monoisotopic (exact) mass is 396 g/mol. The van der Waals surface area contributed by atoms with Gasteiger partial charge in [-0.25, -0.2) is 14.2 Å². The molecule has 1 atom stereocenters. The molecule has 0 radical (unpaired) electrons. The summed E-state index contributed by atoms with van der Waals surface area (Å²) in [5.74, 6) is -0.767. The Bertz CT molecular complexity index is 1130. The Hall–Kier alpha value is -3.75. The lowest BCUT2D eigenvalue weighted by Gasteiger charge is -2.15. The molecule has 2 aromatic heterocycles. The Morgan fingerprint density at radius 3 is 2.97 bits per heavy atom. The van der Waals surface area contributed by atoms with Gasteiger partial charge in [0, 0.05) is 36.6 Å². The van der Waals surface area contributed by atoms with Crippen molar-refractivity contribution >= 4 is 29.6 Å². The second kappa shape index (κ2) is 7.34. The van der Waals surface area contributed by atoms with Crippen molar-refractivity contribution in [3.05, 3.63) is 54.2 Å². The van der Waals surface area contributed by atoms with E-state index in [0.29, 0.717) is 28.7 Å². The highest BCUT2D eigenvalue weighted by Crippen LogP contribution is 2.30. The van der Waals surface area contributed by atoms with Gasteiger partial charge < -0.3 is 14.5 Å². The maximum atomic E-state index is 14.9. The quantitative estimate of drug-likeness (QED) is 0.669. The molecule has 3 aromatic rings. The van der Waals surface area contributed by atoms with Crippen molar-refractivity contribution in [2.45, 2.75) is 13.0 Å². The molecule has 0 spiro atoms. The van der Waals surface area contributed by atoms with Crippen LogP contribution in [0.5, 0.6) is 0 Å². The highest BCUT2D eigenvalue weighted by molar-refractivity contribution is 5.91. The second-order valence-corrected chi connectivity index (χ2v) is 6.68. The number of pyridine rings is 1. The van der Waals surface area contributed by atoms with Crippen LogP contribution in [0.4, 0.5) is 14.9 Å². The standard InChI is InChI=1S/C20H17FN4O4/c1-12(27)23-8-16-10-25(20(28)29-16)15-2-3-17(18(21)7-15)13-6-14(11-26)19-22-4-5-24(19)9-13/h2-7,9,11,16H,8,10H2,1H3,(H,23,27)/t16-/m1/s1. The smallest absolute Gasteiger partial charge is 0.414 e. The third kappa shape index (κ3) is 3.54. The predicted molar refractivity (Wildman–Crippen MR) is 102 cm³/mol. The molecule has 2 amide bonds. The van der Waals surface area contributed by atoms with Gasteiger partial charge in [-0.1, -0.05) is 0 Å². The molecular weight excluding hydrogens is 379 g/mol. The van der Waals surface area contributed by atoms with Gasteiger partial charge in [0.05, 0.1) is 24.3 Å². The third-order valence-corrected chi connectivity index (χ3v) is 4.67. The number of cyclic esters (lactones) is 1. The normalized spacial score (nSPS) is 16.1. The molecule has 1 fully saturated rings. The first-order chi connectivity index (χ1) is 14.0. The number of hydrogen-bond acceptors (Lipinski definition) is 5. The molecule has 29 heavy (non-hydrogen) atoms. The van der Waals surface area contributed by atoms with Gasteiger partial charge in [-0.3, -0.25) is 14.5 Å². The van der Waals surface area contributed by atoms with Gasteiger partial charge in [0.1, 0.15) is 17.6 Å². The average molecular weight is 396 g/mol. The van der Waals surface area contributed by atoms with Crippen LogP contribution in [-0.2, 0) is 9.53 Å². The number of benzene rings is 1. The fourth-order valence-corrected chi connectivity index (χ4v) is 3.30. The van der Waals surface area contributed by atoms with E-state index in [1.165, 1.54) is 17.9 Å². The van der Waals surface area contributed by atoms with Crippen molar-refractivity contribution in [3.8, 4) is 11.1 Å². The zero-order valence-corrected chi connectivity index (χ0v) is 15.5. The summed E-state index contributed by atoms with van der Waals surface area (Å²) < 4.78 is 21.7. The zero-order chi connectivity index (χ0) is 20.5. The van der Waals surface area contributed by atoms with Crippen LogP contribution in [0, 0.1) is 5.82 Å². The van der Waals surface area contributed by atoms with E-state index in [9.17, 15) is 18.8 Å². The van der Waals surface area contributed by atoms with Crippen LogP contribution in [0.3, 0.4) is 0 Å². The summed E-state index contributed by atoms with van der Waals surface area (Å²) >= 11 is 0. The number of carbonyl (C=O) groups is 3. The summed E-state index contributed by atoms with van der Waals surface area (Å²) in [5.41, 5.74) is 1.98. The van der Waals surface area contributed by atoms with Crippen molar-refractivity contribution in [1.82, 2.24) is 14.7 Å². The van der Waals surface area contributed by atoms with Crippen molar-refractivity contribution in [1.29, 1.82) is 0 Å². The second-order valence-electron chi connectivity index (χ2n) is 6.68. The first-order valence-corrected chi connectivity index (χ1v) is 8.90. The molecule has 1 aliphatic rings. The number of nitrogens with zero attached hydrogens (tertiary/aromatic N) is 3. The highest BCUT2D eigenvalue weighted by atomic mass is 19.1. The van der Waals surface area contributed by atoms with Gasteiger partial charge in [-0.2, -0.15) is 0 Å². The van der Waals surface area contributed by atoms with Gasteiger partial charge in [0.25, 0.3) is 0 Å². The van der Waals surface area contributed by atoms with E-state index in [1.54, 1.807) is 41.2 Å². The van der Waals surface area contributed by atoms with Gasteiger partial charge in [-0.15, -0.1) is 0 Å². The number of ether oxygens (including phenoxy) is 1. The maximum Gasteiger partial charge on any atom is 0.414 e. The van der Waals surface area contributed by atoms with Crippen molar-refractivity contribution in [3.63, 3.8) is 0 Å². The molecule has 0 unspecified atom stereocenters. The third-order valence-electron chi connectivity index (χ3n) is 4.67. The van der Waals surface area contributed by atoms with Crippen LogP contribution in [0.1, 0.15) is 17.3 Å². The minimum atomic E-state index is -0.601. The summed E-state index contributed by atoms with van der Waals surface area (Å²) in [6.45, 7) is 1.77. The van der Waals surface area contributed by atoms with Crippen LogP contribution in [0.25, 0.3) is 16.8 Å². The minimum absolute atomic E-state index is 0.192. The Kier molecular flexibility index (Phi) is 4.71. The number of anilines is 1. The molecule has 3 heterocycles. The lowest BCUT2D eigenvalue weighted by molar-refractivity contribution is -0.119. The fourth-order valence-electron chi connectivity index (χ4n) is 3.30. The zero-order valence-electron chi connectivity index (χ0n) is 15.5. The lowest BCUT2D eigenvalue weighted by atomic mass is 10.0. The molecular formula is C20H17FN4O4. The Balaban J connectivity index is 1.61. The van der Waals surface area contributed by atoms with Gasteiger partial charge >= 0.3 is 6.09 Å². The van der Waals surface area contributed by atoms with E-state index < -0.39 is 18.0 Å². The lowest BCUT2D eigenvalue weighted by Crippen LogP contribution is -2.33. The molecule has 9 heteroatoms. The van der Waals surface area contributed by atoms with E-state index in [1.807, 2.05) is 0 Å². The molecule has 1 aliphatic heterocycles. The van der Waals surface area contributed by atoms with E-state index in [4.69, 9.17) is 4.74 Å². The topological polar surface area (TPSA) is 93.0 Å². The number of imidazole rings is 1. The van der Waals surface area contributed by atoms with Gasteiger partial charge in [0.15, 0.2) is 6.29 Å².